The molecule has 0 aliphatic carbocycles. The fourth-order valence-corrected chi connectivity index (χ4v) is 3.37. The number of fused-ring (bicyclic) bond motifs is 1. The first kappa shape index (κ1) is 16.4. The molecule has 122 valence electrons. The molecule has 6 nitrogen and oxygen atoms in total. The second-order valence-electron chi connectivity index (χ2n) is 5.25. The summed E-state index contributed by atoms with van der Waals surface area (Å²) in [4.78, 5) is 27.1. The molecule has 0 atom stereocenters. The molecule has 1 amide bonds. The largest absolute Gasteiger partial charge is 0.298 e. The van der Waals surface area contributed by atoms with Gasteiger partial charge in [-0.3, -0.25) is 20.2 Å². The molecule has 2 aromatic carbocycles. The maximum absolute atomic E-state index is 12.4. The van der Waals surface area contributed by atoms with Gasteiger partial charge in [-0.15, -0.1) is 0 Å². The molecule has 1 heterocycles. The van der Waals surface area contributed by atoms with E-state index >= 15 is 0 Å². The van der Waals surface area contributed by atoms with Crippen molar-refractivity contribution in [2.45, 2.75) is 13.8 Å². The van der Waals surface area contributed by atoms with Crippen molar-refractivity contribution in [3.05, 3.63) is 62.2 Å². The van der Waals surface area contributed by atoms with Crippen LogP contribution in [0.2, 0.25) is 5.02 Å². The number of hydrogen-bond donors (Lipinski definition) is 1. The standard InChI is InChI=1S/C16H12ClN3O3S/c1-8-3-6-13-14(9(8)2)18-16(24-13)19-15(21)11-7-10(20(22)23)4-5-12(11)17/h3-7H,1-2H3,(H,18,19,21). The lowest BCUT2D eigenvalue weighted by molar-refractivity contribution is -0.384. The number of anilines is 1. The van der Waals surface area contributed by atoms with Crippen molar-refractivity contribution in [2.24, 2.45) is 0 Å². The number of amides is 1. The van der Waals surface area contributed by atoms with Crippen LogP contribution in [-0.4, -0.2) is 15.8 Å². The average molecular weight is 362 g/mol. The number of hydrogen-bond acceptors (Lipinski definition) is 5. The maximum atomic E-state index is 12.4. The van der Waals surface area contributed by atoms with E-state index in [1.54, 1.807) is 0 Å². The molecule has 0 aliphatic rings. The van der Waals surface area contributed by atoms with Crippen LogP contribution in [0.1, 0.15) is 21.5 Å². The molecule has 8 heteroatoms. The Kier molecular flexibility index (Phi) is 4.21. The van der Waals surface area contributed by atoms with Crippen molar-refractivity contribution in [2.75, 3.05) is 5.32 Å². The van der Waals surface area contributed by atoms with Gasteiger partial charge in [0.05, 0.1) is 25.7 Å². The van der Waals surface area contributed by atoms with Crippen LogP contribution >= 0.6 is 22.9 Å². The molecule has 0 saturated carbocycles. The summed E-state index contributed by atoms with van der Waals surface area (Å²) in [6, 6.07) is 7.69. The van der Waals surface area contributed by atoms with Crippen LogP contribution in [0.25, 0.3) is 10.2 Å². The Morgan fingerprint density at radius 1 is 1.29 bits per heavy atom. The van der Waals surface area contributed by atoms with Crippen LogP contribution in [0.5, 0.6) is 0 Å². The molecular weight excluding hydrogens is 350 g/mol. The van der Waals surface area contributed by atoms with Crippen molar-refractivity contribution in [3.8, 4) is 0 Å². The monoisotopic (exact) mass is 361 g/mol. The number of aromatic nitrogens is 1. The lowest BCUT2D eigenvalue weighted by Crippen LogP contribution is -2.12. The Balaban J connectivity index is 1.94. The number of rotatable bonds is 3. The first-order valence-corrected chi connectivity index (χ1v) is 8.18. The highest BCUT2D eigenvalue weighted by atomic mass is 35.5. The lowest BCUT2D eigenvalue weighted by Gasteiger charge is -2.03. The molecule has 3 rings (SSSR count). The average Bonchev–Trinajstić information content (AvgIpc) is 2.94. The molecule has 0 fully saturated rings. The van der Waals surface area contributed by atoms with E-state index in [1.165, 1.54) is 23.5 Å². The Morgan fingerprint density at radius 2 is 2.04 bits per heavy atom. The predicted molar refractivity (Wildman–Crippen MR) is 95.2 cm³/mol. The van der Waals surface area contributed by atoms with Gasteiger partial charge in [0.15, 0.2) is 5.13 Å². The van der Waals surface area contributed by atoms with Gasteiger partial charge >= 0.3 is 0 Å². The van der Waals surface area contributed by atoms with Crippen molar-refractivity contribution in [1.29, 1.82) is 0 Å². The van der Waals surface area contributed by atoms with E-state index in [0.29, 0.717) is 5.13 Å². The molecule has 0 bridgehead atoms. The van der Waals surface area contributed by atoms with Gasteiger partial charge in [-0.25, -0.2) is 4.98 Å². The number of nitrogens with zero attached hydrogens (tertiary/aromatic N) is 2. The molecule has 0 saturated heterocycles. The summed E-state index contributed by atoms with van der Waals surface area (Å²) >= 11 is 7.33. The predicted octanol–water partition coefficient (Wildman–Crippen LogP) is 4.73. The molecule has 1 aromatic heterocycles. The molecule has 0 radical (unpaired) electrons. The zero-order valence-electron chi connectivity index (χ0n) is 12.8. The third-order valence-electron chi connectivity index (χ3n) is 3.71. The minimum Gasteiger partial charge on any atom is -0.298 e. The van der Waals surface area contributed by atoms with E-state index in [1.807, 2.05) is 26.0 Å². The minimum absolute atomic E-state index is 0.0398. The van der Waals surface area contributed by atoms with Crippen LogP contribution in [0.15, 0.2) is 30.3 Å². The number of nitro groups is 1. The highest BCUT2D eigenvalue weighted by molar-refractivity contribution is 7.22. The fraction of sp³-hybridized carbons (Fsp3) is 0.125. The number of thiazole rings is 1. The highest BCUT2D eigenvalue weighted by Crippen LogP contribution is 2.30. The molecule has 3 aromatic rings. The van der Waals surface area contributed by atoms with Crippen LogP contribution in [-0.2, 0) is 0 Å². The summed E-state index contributed by atoms with van der Waals surface area (Å²) in [5.74, 6) is -0.530. The minimum atomic E-state index is -0.572. The van der Waals surface area contributed by atoms with Gasteiger partial charge in [-0.1, -0.05) is 29.0 Å². The van der Waals surface area contributed by atoms with Gasteiger partial charge in [0.2, 0.25) is 0 Å². The summed E-state index contributed by atoms with van der Waals surface area (Å²) in [6.45, 7) is 3.97. The number of nitrogens with one attached hydrogen (secondary N) is 1. The molecule has 0 aliphatic heterocycles. The quantitative estimate of drug-likeness (QED) is 0.540. The Bertz CT molecular complexity index is 984. The number of nitro benzene ring substituents is 1. The van der Waals surface area contributed by atoms with Gasteiger partial charge in [0.25, 0.3) is 11.6 Å². The van der Waals surface area contributed by atoms with Crippen molar-refractivity contribution in [1.82, 2.24) is 4.98 Å². The molecule has 0 unspecified atom stereocenters. The van der Waals surface area contributed by atoms with Crippen LogP contribution < -0.4 is 5.32 Å². The van der Waals surface area contributed by atoms with Crippen molar-refractivity contribution in [3.63, 3.8) is 0 Å². The number of carbonyl (C=O) groups is 1. The van der Waals surface area contributed by atoms with E-state index in [9.17, 15) is 14.9 Å². The van der Waals surface area contributed by atoms with E-state index in [0.717, 1.165) is 27.4 Å². The van der Waals surface area contributed by atoms with E-state index in [4.69, 9.17) is 11.6 Å². The summed E-state index contributed by atoms with van der Waals surface area (Å²) in [6.07, 6.45) is 0. The smallest absolute Gasteiger partial charge is 0.270 e. The summed E-state index contributed by atoms with van der Waals surface area (Å²) in [5, 5.41) is 14.1. The first-order valence-electron chi connectivity index (χ1n) is 6.99. The van der Waals surface area contributed by atoms with Gasteiger partial charge in [0.1, 0.15) is 0 Å². The Morgan fingerprint density at radius 3 is 2.75 bits per heavy atom. The van der Waals surface area contributed by atoms with Crippen molar-refractivity contribution >= 4 is 49.9 Å². The van der Waals surface area contributed by atoms with Crippen LogP contribution in [0.4, 0.5) is 10.8 Å². The van der Waals surface area contributed by atoms with Crippen molar-refractivity contribution < 1.29 is 9.72 Å². The summed E-state index contributed by atoms with van der Waals surface area (Å²) < 4.78 is 0.957. The number of carbonyl (C=O) groups excluding carboxylic acids is 1. The van der Waals surface area contributed by atoms with E-state index < -0.39 is 10.8 Å². The molecule has 24 heavy (non-hydrogen) atoms. The second-order valence-corrected chi connectivity index (χ2v) is 6.69. The van der Waals surface area contributed by atoms with Crippen LogP contribution in [0, 0.1) is 24.0 Å². The SMILES string of the molecule is Cc1ccc2sc(NC(=O)c3cc([N+](=O)[O-])ccc3Cl)nc2c1C. The first-order chi connectivity index (χ1) is 11.4. The number of aryl methyl sites for hydroxylation is 2. The zero-order chi connectivity index (χ0) is 17.4. The molecular formula is C16H12ClN3O3S. The third kappa shape index (κ3) is 2.95. The number of benzene rings is 2. The lowest BCUT2D eigenvalue weighted by atomic mass is 10.1. The molecule has 0 spiro atoms. The summed E-state index contributed by atoms with van der Waals surface area (Å²) in [5.41, 5.74) is 2.85. The van der Waals surface area contributed by atoms with Gasteiger partial charge in [-0.05, 0) is 37.1 Å². The van der Waals surface area contributed by atoms with Crippen LogP contribution in [0.3, 0.4) is 0 Å². The summed E-state index contributed by atoms with van der Waals surface area (Å²) in [7, 11) is 0. The zero-order valence-corrected chi connectivity index (χ0v) is 14.4. The fourth-order valence-electron chi connectivity index (χ4n) is 2.24. The Hall–Kier alpha value is -2.51. The number of non-ortho nitro benzene ring substituents is 1. The van der Waals surface area contributed by atoms with Gasteiger partial charge in [-0.2, -0.15) is 0 Å². The number of halogens is 1. The van der Waals surface area contributed by atoms with Gasteiger partial charge < -0.3 is 0 Å². The second kappa shape index (κ2) is 6.18. The molecule has 1 N–H and O–H groups in total. The highest BCUT2D eigenvalue weighted by Gasteiger charge is 2.17. The van der Waals surface area contributed by atoms with E-state index in [2.05, 4.69) is 10.3 Å². The van der Waals surface area contributed by atoms with Gasteiger partial charge in [0, 0.05) is 12.1 Å². The normalized spacial score (nSPS) is 10.8. The van der Waals surface area contributed by atoms with E-state index in [-0.39, 0.29) is 16.3 Å². The topological polar surface area (TPSA) is 85.1 Å². The third-order valence-corrected chi connectivity index (χ3v) is 4.98. The maximum Gasteiger partial charge on any atom is 0.270 e. The Labute approximate surface area is 146 Å².